The van der Waals surface area contributed by atoms with Crippen molar-refractivity contribution in [1.29, 1.82) is 0 Å². The van der Waals surface area contributed by atoms with E-state index in [1.807, 2.05) is 13.0 Å². The number of nitrogens with one attached hydrogen (secondary N) is 1. The van der Waals surface area contributed by atoms with Crippen LogP contribution >= 0.6 is 0 Å². The van der Waals surface area contributed by atoms with Crippen molar-refractivity contribution in [2.75, 3.05) is 0 Å². The molecule has 2 rings (SSSR count). The minimum atomic E-state index is -0.607. The Kier molecular flexibility index (Phi) is 2.26. The van der Waals surface area contributed by atoms with Crippen LogP contribution in [-0.2, 0) is 4.79 Å². The number of amides is 1. The summed E-state index contributed by atoms with van der Waals surface area (Å²) in [7, 11) is 0. The Morgan fingerprint density at radius 3 is 2.73 bits per heavy atom. The van der Waals surface area contributed by atoms with Gasteiger partial charge in [-0.15, -0.1) is 0 Å². The van der Waals surface area contributed by atoms with Crippen molar-refractivity contribution in [2.45, 2.75) is 25.3 Å². The van der Waals surface area contributed by atoms with Crippen molar-refractivity contribution >= 4 is 12.2 Å². The van der Waals surface area contributed by atoms with Gasteiger partial charge in [0.2, 0.25) is 0 Å². The van der Waals surface area contributed by atoms with E-state index in [-0.39, 0.29) is 5.91 Å². The third kappa shape index (κ3) is 2.03. The van der Waals surface area contributed by atoms with E-state index in [2.05, 4.69) is 10.3 Å². The van der Waals surface area contributed by atoms with Crippen molar-refractivity contribution in [2.24, 2.45) is 0 Å². The number of pyridine rings is 1. The first-order chi connectivity index (χ1) is 7.15. The number of carbonyl (C=O) groups excluding carboxylic acids is 2. The summed E-state index contributed by atoms with van der Waals surface area (Å²) in [5.74, 6) is -0.278. The van der Waals surface area contributed by atoms with Crippen LogP contribution < -0.4 is 5.32 Å². The van der Waals surface area contributed by atoms with E-state index < -0.39 is 5.54 Å². The van der Waals surface area contributed by atoms with Crippen LogP contribution in [0.15, 0.2) is 18.3 Å². The highest BCUT2D eigenvalue weighted by atomic mass is 16.2. The molecule has 1 aromatic rings. The average Bonchev–Trinajstić information content (AvgIpc) is 2.99. The zero-order chi connectivity index (χ0) is 10.9. The summed E-state index contributed by atoms with van der Waals surface area (Å²) in [4.78, 5) is 26.3. The smallest absolute Gasteiger partial charge is 0.270 e. The number of aromatic nitrogens is 1. The van der Waals surface area contributed by atoms with Gasteiger partial charge in [0, 0.05) is 6.20 Å². The molecule has 0 aromatic carbocycles. The summed E-state index contributed by atoms with van der Waals surface area (Å²) < 4.78 is 0. The van der Waals surface area contributed by atoms with Gasteiger partial charge in [-0.25, -0.2) is 0 Å². The van der Waals surface area contributed by atoms with Crippen LogP contribution in [0.4, 0.5) is 0 Å². The van der Waals surface area contributed by atoms with Gasteiger partial charge in [-0.2, -0.15) is 0 Å². The number of aryl methyl sites for hydroxylation is 1. The lowest BCUT2D eigenvalue weighted by Gasteiger charge is -2.09. The van der Waals surface area contributed by atoms with Crippen LogP contribution in [0.1, 0.15) is 28.9 Å². The molecule has 1 N–H and O–H groups in total. The maximum atomic E-state index is 11.6. The van der Waals surface area contributed by atoms with Gasteiger partial charge in [-0.3, -0.25) is 9.78 Å². The van der Waals surface area contributed by atoms with E-state index in [0.717, 1.165) is 24.7 Å². The molecule has 4 heteroatoms. The second-order valence-corrected chi connectivity index (χ2v) is 3.95. The van der Waals surface area contributed by atoms with Crippen LogP contribution in [0, 0.1) is 6.92 Å². The van der Waals surface area contributed by atoms with Gasteiger partial charge in [0.25, 0.3) is 5.91 Å². The fraction of sp³-hybridized carbons (Fsp3) is 0.364. The Morgan fingerprint density at radius 1 is 1.53 bits per heavy atom. The topological polar surface area (TPSA) is 59.1 Å². The molecule has 15 heavy (non-hydrogen) atoms. The SMILES string of the molecule is Cc1ccc(C(=O)NC2(C=O)CC2)nc1. The van der Waals surface area contributed by atoms with Gasteiger partial charge >= 0.3 is 0 Å². The molecule has 4 nitrogen and oxygen atoms in total. The van der Waals surface area contributed by atoms with Crippen molar-refractivity contribution < 1.29 is 9.59 Å². The van der Waals surface area contributed by atoms with Gasteiger partial charge in [-0.1, -0.05) is 6.07 Å². The highest BCUT2D eigenvalue weighted by Crippen LogP contribution is 2.32. The molecule has 1 aliphatic carbocycles. The van der Waals surface area contributed by atoms with E-state index in [9.17, 15) is 9.59 Å². The summed E-state index contributed by atoms with van der Waals surface area (Å²) in [6.45, 7) is 1.91. The normalized spacial score (nSPS) is 16.9. The number of nitrogens with zero attached hydrogens (tertiary/aromatic N) is 1. The Morgan fingerprint density at radius 2 is 2.27 bits per heavy atom. The lowest BCUT2D eigenvalue weighted by Crippen LogP contribution is -2.38. The van der Waals surface area contributed by atoms with Crippen LogP contribution in [0.25, 0.3) is 0 Å². The molecule has 1 amide bonds. The van der Waals surface area contributed by atoms with Gasteiger partial charge < -0.3 is 10.1 Å². The van der Waals surface area contributed by atoms with Gasteiger partial charge in [0.1, 0.15) is 12.0 Å². The highest BCUT2D eigenvalue weighted by molar-refractivity contribution is 5.95. The molecule has 0 spiro atoms. The zero-order valence-electron chi connectivity index (χ0n) is 8.49. The van der Waals surface area contributed by atoms with Crippen LogP contribution in [0.5, 0.6) is 0 Å². The van der Waals surface area contributed by atoms with Crippen LogP contribution in [0.2, 0.25) is 0 Å². The second-order valence-electron chi connectivity index (χ2n) is 3.95. The number of carbonyl (C=O) groups is 2. The maximum Gasteiger partial charge on any atom is 0.270 e. The fourth-order valence-electron chi connectivity index (χ4n) is 1.30. The van der Waals surface area contributed by atoms with E-state index in [1.165, 1.54) is 0 Å². The molecule has 1 aromatic heterocycles. The maximum absolute atomic E-state index is 11.6. The standard InChI is InChI=1S/C11H12N2O2/c1-8-2-3-9(12-6-8)10(15)13-11(7-14)4-5-11/h2-3,6-7H,4-5H2,1H3,(H,13,15). The largest absolute Gasteiger partial charge is 0.338 e. The molecule has 0 bridgehead atoms. The first-order valence-electron chi connectivity index (χ1n) is 4.87. The fourth-order valence-corrected chi connectivity index (χ4v) is 1.30. The first-order valence-corrected chi connectivity index (χ1v) is 4.87. The molecule has 0 radical (unpaired) electrons. The first kappa shape index (κ1) is 9.83. The number of aldehydes is 1. The molecule has 0 atom stereocenters. The van der Waals surface area contributed by atoms with Crippen LogP contribution in [0.3, 0.4) is 0 Å². The molecule has 1 saturated carbocycles. The van der Waals surface area contributed by atoms with E-state index in [0.29, 0.717) is 5.69 Å². The minimum absolute atomic E-state index is 0.278. The molecule has 1 aliphatic rings. The molecule has 1 fully saturated rings. The Bertz CT molecular complexity index is 394. The lowest BCUT2D eigenvalue weighted by atomic mass is 10.2. The molecule has 78 valence electrons. The predicted molar refractivity (Wildman–Crippen MR) is 54.5 cm³/mol. The highest BCUT2D eigenvalue weighted by Gasteiger charge is 2.44. The van der Waals surface area contributed by atoms with Crippen LogP contribution in [-0.4, -0.2) is 22.7 Å². The molecule has 0 saturated heterocycles. The Hall–Kier alpha value is -1.71. The van der Waals surface area contributed by atoms with Crippen molar-refractivity contribution in [1.82, 2.24) is 10.3 Å². The summed E-state index contributed by atoms with van der Waals surface area (Å²) in [6.07, 6.45) is 3.90. The zero-order valence-corrected chi connectivity index (χ0v) is 8.49. The number of hydrogen-bond donors (Lipinski definition) is 1. The van der Waals surface area contributed by atoms with Crippen molar-refractivity contribution in [3.63, 3.8) is 0 Å². The summed E-state index contributed by atoms with van der Waals surface area (Å²) >= 11 is 0. The van der Waals surface area contributed by atoms with Crippen molar-refractivity contribution in [3.05, 3.63) is 29.6 Å². The summed E-state index contributed by atoms with van der Waals surface area (Å²) in [5.41, 5.74) is 0.751. The monoisotopic (exact) mass is 204 g/mol. The lowest BCUT2D eigenvalue weighted by molar-refractivity contribution is -0.110. The molecule has 0 aliphatic heterocycles. The van der Waals surface area contributed by atoms with Gasteiger partial charge in [0.15, 0.2) is 0 Å². The second kappa shape index (κ2) is 3.46. The van der Waals surface area contributed by atoms with Crippen molar-refractivity contribution in [3.8, 4) is 0 Å². The molecular weight excluding hydrogens is 192 g/mol. The van der Waals surface area contributed by atoms with E-state index in [1.54, 1.807) is 12.3 Å². The Labute approximate surface area is 87.7 Å². The van der Waals surface area contributed by atoms with E-state index in [4.69, 9.17) is 0 Å². The summed E-state index contributed by atoms with van der Waals surface area (Å²) in [6, 6.07) is 3.48. The van der Waals surface area contributed by atoms with E-state index >= 15 is 0 Å². The van der Waals surface area contributed by atoms with Gasteiger partial charge in [-0.05, 0) is 31.4 Å². The quantitative estimate of drug-likeness (QED) is 0.742. The molecular formula is C11H12N2O2. The number of rotatable bonds is 3. The predicted octanol–water partition coefficient (Wildman–Crippen LogP) is 0.851. The third-order valence-corrected chi connectivity index (χ3v) is 2.52. The molecule has 1 heterocycles. The van der Waals surface area contributed by atoms with Gasteiger partial charge in [0.05, 0.1) is 5.54 Å². The third-order valence-electron chi connectivity index (χ3n) is 2.52. The average molecular weight is 204 g/mol. The Balaban J connectivity index is 2.08. The molecule has 0 unspecified atom stereocenters. The minimum Gasteiger partial charge on any atom is -0.338 e. The number of hydrogen-bond acceptors (Lipinski definition) is 3. The summed E-state index contributed by atoms with van der Waals surface area (Å²) in [5, 5.41) is 2.68.